The van der Waals surface area contributed by atoms with E-state index in [-0.39, 0.29) is 0 Å². The van der Waals surface area contributed by atoms with Gasteiger partial charge in [0.05, 0.1) is 11.4 Å². The number of nitrogens with zero attached hydrogens (tertiary/aromatic N) is 2. The minimum absolute atomic E-state index is 0.536. The fourth-order valence-electron chi connectivity index (χ4n) is 3.10. The summed E-state index contributed by atoms with van der Waals surface area (Å²) in [6.07, 6.45) is 0.979. The first kappa shape index (κ1) is 14.5. The van der Waals surface area contributed by atoms with Gasteiger partial charge in [0, 0.05) is 5.69 Å². The summed E-state index contributed by atoms with van der Waals surface area (Å²) >= 11 is 0. The zero-order chi connectivity index (χ0) is 16.7. The highest BCUT2D eigenvalue weighted by Crippen LogP contribution is 2.39. The normalized spacial score (nSPS) is 12.4. The van der Waals surface area contributed by atoms with Crippen molar-refractivity contribution in [2.24, 2.45) is 10.2 Å². The van der Waals surface area contributed by atoms with Crippen molar-refractivity contribution in [3.05, 3.63) is 71.3 Å². The summed E-state index contributed by atoms with van der Waals surface area (Å²) in [6, 6.07) is 18.3. The fourth-order valence-corrected chi connectivity index (χ4v) is 3.10. The number of azo groups is 1. The van der Waals surface area contributed by atoms with Gasteiger partial charge >= 0.3 is 0 Å². The maximum Gasteiger partial charge on any atom is 0.109 e. The lowest BCUT2D eigenvalue weighted by molar-refractivity contribution is 1.22. The molecule has 118 valence electrons. The number of fused-ring (bicyclic) bond motifs is 3. The second-order valence-electron chi connectivity index (χ2n) is 6.14. The zero-order valence-corrected chi connectivity index (χ0v) is 13.5. The van der Waals surface area contributed by atoms with E-state index in [2.05, 4.69) is 46.6 Å². The van der Waals surface area contributed by atoms with E-state index in [1.54, 1.807) is 6.07 Å². The van der Waals surface area contributed by atoms with Crippen molar-refractivity contribution >= 4 is 22.7 Å². The molecule has 4 N–H and O–H groups in total. The van der Waals surface area contributed by atoms with E-state index in [4.69, 9.17) is 11.5 Å². The molecule has 0 atom stereocenters. The Balaban J connectivity index is 1.69. The third kappa shape index (κ3) is 2.42. The second-order valence-corrected chi connectivity index (χ2v) is 6.14. The Labute approximate surface area is 140 Å². The molecule has 3 aromatic rings. The summed E-state index contributed by atoms with van der Waals surface area (Å²) in [6.45, 7) is 1.93. The van der Waals surface area contributed by atoms with Gasteiger partial charge in [0.1, 0.15) is 5.69 Å². The van der Waals surface area contributed by atoms with E-state index >= 15 is 0 Å². The van der Waals surface area contributed by atoms with Crippen LogP contribution in [0.1, 0.15) is 16.7 Å². The van der Waals surface area contributed by atoms with Gasteiger partial charge in [-0.2, -0.15) is 5.11 Å². The predicted molar refractivity (Wildman–Crippen MR) is 98.9 cm³/mol. The number of aryl methyl sites for hydroxylation is 1. The van der Waals surface area contributed by atoms with Crippen LogP contribution >= 0.6 is 0 Å². The first-order valence-corrected chi connectivity index (χ1v) is 7.90. The molecular weight excluding hydrogens is 296 g/mol. The van der Waals surface area contributed by atoms with Crippen molar-refractivity contribution in [2.75, 3.05) is 11.5 Å². The molecule has 1 aliphatic carbocycles. The summed E-state index contributed by atoms with van der Waals surface area (Å²) in [4.78, 5) is 0. The number of hydrogen-bond acceptors (Lipinski definition) is 4. The maximum absolute atomic E-state index is 5.97. The lowest BCUT2D eigenvalue weighted by Gasteiger charge is -2.05. The Kier molecular flexibility index (Phi) is 3.31. The van der Waals surface area contributed by atoms with Gasteiger partial charge in [-0.3, -0.25) is 0 Å². The third-order valence-electron chi connectivity index (χ3n) is 4.47. The van der Waals surface area contributed by atoms with Crippen LogP contribution in [0.3, 0.4) is 0 Å². The van der Waals surface area contributed by atoms with Crippen LogP contribution in [0.4, 0.5) is 22.7 Å². The Morgan fingerprint density at radius 3 is 2.46 bits per heavy atom. The Morgan fingerprint density at radius 2 is 1.58 bits per heavy atom. The molecule has 0 heterocycles. The van der Waals surface area contributed by atoms with Gasteiger partial charge in [-0.15, -0.1) is 5.11 Å². The number of rotatable bonds is 2. The zero-order valence-electron chi connectivity index (χ0n) is 13.5. The van der Waals surface area contributed by atoms with Gasteiger partial charge in [-0.1, -0.05) is 30.3 Å². The molecule has 0 bridgehead atoms. The summed E-state index contributed by atoms with van der Waals surface area (Å²) in [5.74, 6) is 0. The average Bonchev–Trinajstić information content (AvgIpc) is 2.95. The van der Waals surface area contributed by atoms with Crippen molar-refractivity contribution in [1.29, 1.82) is 0 Å². The molecule has 0 aromatic heterocycles. The second kappa shape index (κ2) is 5.49. The fraction of sp³-hybridized carbons (Fsp3) is 0.100. The van der Waals surface area contributed by atoms with Gasteiger partial charge in [-0.25, -0.2) is 0 Å². The third-order valence-corrected chi connectivity index (χ3v) is 4.47. The minimum atomic E-state index is 0.536. The summed E-state index contributed by atoms with van der Waals surface area (Å²) < 4.78 is 0. The molecule has 4 heteroatoms. The van der Waals surface area contributed by atoms with Crippen LogP contribution in [0, 0.1) is 6.92 Å². The topological polar surface area (TPSA) is 76.8 Å². The molecule has 0 saturated carbocycles. The van der Waals surface area contributed by atoms with Crippen LogP contribution in [0.15, 0.2) is 64.8 Å². The monoisotopic (exact) mass is 314 g/mol. The van der Waals surface area contributed by atoms with Crippen LogP contribution in [0.2, 0.25) is 0 Å². The number of anilines is 2. The first-order valence-electron chi connectivity index (χ1n) is 7.90. The number of nitrogen functional groups attached to an aromatic ring is 2. The van der Waals surface area contributed by atoms with Crippen LogP contribution in [0.5, 0.6) is 0 Å². The SMILES string of the molecule is Cc1cc(N=Nc2ccc3c(c2)-c2ccccc2C3)c(N)cc1N. The Hall–Kier alpha value is -3.14. The quantitative estimate of drug-likeness (QED) is 0.396. The summed E-state index contributed by atoms with van der Waals surface area (Å²) in [7, 11) is 0. The molecule has 4 nitrogen and oxygen atoms in total. The molecular formula is C20H18N4. The van der Waals surface area contributed by atoms with E-state index in [1.807, 2.05) is 19.1 Å². The van der Waals surface area contributed by atoms with Crippen molar-refractivity contribution in [1.82, 2.24) is 0 Å². The van der Waals surface area contributed by atoms with Crippen LogP contribution < -0.4 is 11.5 Å². The number of hydrogen-bond donors (Lipinski definition) is 2. The van der Waals surface area contributed by atoms with Gasteiger partial charge in [0.25, 0.3) is 0 Å². The Morgan fingerprint density at radius 1 is 0.792 bits per heavy atom. The molecule has 0 unspecified atom stereocenters. The lowest BCUT2D eigenvalue weighted by Crippen LogP contribution is -1.93. The molecule has 0 aliphatic heterocycles. The molecule has 0 radical (unpaired) electrons. The van der Waals surface area contributed by atoms with Crippen molar-refractivity contribution in [2.45, 2.75) is 13.3 Å². The standard InChI is InChI=1S/C20H18N4/c1-12-8-20(19(22)11-18(12)21)24-23-15-7-6-14-9-13-4-2-3-5-16(13)17(14)10-15/h2-8,10-11H,9,21-22H2,1H3. The molecule has 4 rings (SSSR count). The van der Waals surface area contributed by atoms with E-state index < -0.39 is 0 Å². The first-order chi connectivity index (χ1) is 11.6. The smallest absolute Gasteiger partial charge is 0.109 e. The average molecular weight is 314 g/mol. The van der Waals surface area contributed by atoms with Crippen molar-refractivity contribution in [3.63, 3.8) is 0 Å². The molecule has 0 fully saturated rings. The van der Waals surface area contributed by atoms with Crippen molar-refractivity contribution < 1.29 is 0 Å². The maximum atomic E-state index is 5.97. The largest absolute Gasteiger partial charge is 0.398 e. The highest BCUT2D eigenvalue weighted by Gasteiger charge is 2.17. The number of nitrogens with two attached hydrogens (primary N) is 2. The van der Waals surface area contributed by atoms with Crippen LogP contribution in [0.25, 0.3) is 11.1 Å². The predicted octanol–water partition coefficient (Wildman–Crippen LogP) is 5.15. The molecule has 3 aromatic carbocycles. The van der Waals surface area contributed by atoms with E-state index in [0.29, 0.717) is 17.1 Å². The highest BCUT2D eigenvalue weighted by molar-refractivity contribution is 5.79. The lowest BCUT2D eigenvalue weighted by atomic mass is 10.1. The Bertz CT molecular complexity index is 973. The van der Waals surface area contributed by atoms with Gasteiger partial charge in [0.2, 0.25) is 0 Å². The summed E-state index contributed by atoms with van der Waals surface area (Å²) in [5.41, 5.74) is 20.7. The van der Waals surface area contributed by atoms with Gasteiger partial charge in [0.15, 0.2) is 0 Å². The molecule has 0 saturated heterocycles. The van der Waals surface area contributed by atoms with Crippen LogP contribution in [-0.4, -0.2) is 0 Å². The van der Waals surface area contributed by atoms with Crippen molar-refractivity contribution in [3.8, 4) is 11.1 Å². The minimum Gasteiger partial charge on any atom is -0.398 e. The summed E-state index contributed by atoms with van der Waals surface area (Å²) in [5, 5.41) is 8.67. The van der Waals surface area contributed by atoms with E-state index in [0.717, 1.165) is 17.7 Å². The molecule has 0 amide bonds. The van der Waals surface area contributed by atoms with E-state index in [1.165, 1.54) is 22.3 Å². The highest BCUT2D eigenvalue weighted by atomic mass is 15.1. The van der Waals surface area contributed by atoms with Crippen LogP contribution in [-0.2, 0) is 6.42 Å². The number of benzene rings is 3. The molecule has 24 heavy (non-hydrogen) atoms. The molecule has 1 aliphatic rings. The van der Waals surface area contributed by atoms with Gasteiger partial charge in [-0.05, 0) is 65.4 Å². The van der Waals surface area contributed by atoms with Gasteiger partial charge < -0.3 is 11.5 Å². The van der Waals surface area contributed by atoms with E-state index in [9.17, 15) is 0 Å². The molecule has 0 spiro atoms.